The second-order valence-corrected chi connectivity index (χ2v) is 4.02. The topological polar surface area (TPSA) is 21.3 Å². The van der Waals surface area contributed by atoms with Crippen LogP contribution in [0.15, 0.2) is 18.2 Å². The number of benzene rings is 1. The second-order valence-electron chi connectivity index (χ2n) is 3.62. The van der Waals surface area contributed by atoms with Gasteiger partial charge in [-0.15, -0.1) is 0 Å². The van der Waals surface area contributed by atoms with E-state index in [-0.39, 0.29) is 0 Å². The van der Waals surface area contributed by atoms with E-state index in [0.29, 0.717) is 12.6 Å². The van der Waals surface area contributed by atoms with Crippen molar-refractivity contribution in [3.63, 3.8) is 0 Å². The first-order valence-electron chi connectivity index (χ1n) is 5.24. The van der Waals surface area contributed by atoms with E-state index >= 15 is 0 Å². The summed E-state index contributed by atoms with van der Waals surface area (Å²) in [5, 5.41) is 4.17. The molecule has 0 heterocycles. The SMILES string of the molecule is CCOCC(C)Nc1cccc(Cl)c1C. The Hall–Kier alpha value is -0.730. The summed E-state index contributed by atoms with van der Waals surface area (Å²) in [5.41, 5.74) is 2.16. The minimum Gasteiger partial charge on any atom is -0.380 e. The summed E-state index contributed by atoms with van der Waals surface area (Å²) in [4.78, 5) is 0. The lowest BCUT2D eigenvalue weighted by Crippen LogP contribution is -2.22. The smallest absolute Gasteiger partial charge is 0.0664 e. The fraction of sp³-hybridized carbons (Fsp3) is 0.500. The quantitative estimate of drug-likeness (QED) is 0.832. The molecule has 1 aromatic rings. The maximum atomic E-state index is 6.03. The number of halogens is 1. The summed E-state index contributed by atoms with van der Waals surface area (Å²) >= 11 is 6.03. The van der Waals surface area contributed by atoms with E-state index in [1.54, 1.807) is 0 Å². The van der Waals surface area contributed by atoms with Crippen LogP contribution in [-0.4, -0.2) is 19.3 Å². The Kier molecular flexibility index (Phi) is 4.92. The van der Waals surface area contributed by atoms with E-state index < -0.39 is 0 Å². The van der Waals surface area contributed by atoms with Crippen molar-refractivity contribution in [2.45, 2.75) is 26.8 Å². The van der Waals surface area contributed by atoms with E-state index in [1.165, 1.54) is 0 Å². The summed E-state index contributed by atoms with van der Waals surface area (Å²) in [6.45, 7) is 7.56. The molecule has 0 aliphatic carbocycles. The van der Waals surface area contributed by atoms with Gasteiger partial charge in [-0.2, -0.15) is 0 Å². The standard InChI is InChI=1S/C12H18ClNO/c1-4-15-8-9(2)14-12-7-5-6-11(13)10(12)3/h5-7,9,14H,4,8H2,1-3H3. The van der Waals surface area contributed by atoms with Crippen LogP contribution in [-0.2, 0) is 4.74 Å². The average Bonchev–Trinajstić information content (AvgIpc) is 2.22. The van der Waals surface area contributed by atoms with Gasteiger partial charge in [0.25, 0.3) is 0 Å². The first-order valence-corrected chi connectivity index (χ1v) is 5.62. The number of rotatable bonds is 5. The zero-order valence-electron chi connectivity index (χ0n) is 9.51. The zero-order valence-corrected chi connectivity index (χ0v) is 10.3. The lowest BCUT2D eigenvalue weighted by Gasteiger charge is -2.17. The van der Waals surface area contributed by atoms with Gasteiger partial charge in [-0.25, -0.2) is 0 Å². The highest BCUT2D eigenvalue weighted by Crippen LogP contribution is 2.23. The van der Waals surface area contributed by atoms with E-state index in [2.05, 4.69) is 12.2 Å². The van der Waals surface area contributed by atoms with Crippen LogP contribution in [0.25, 0.3) is 0 Å². The molecule has 1 aromatic carbocycles. The van der Waals surface area contributed by atoms with Gasteiger partial charge in [-0.1, -0.05) is 17.7 Å². The molecule has 0 fully saturated rings. The Morgan fingerprint density at radius 3 is 2.87 bits per heavy atom. The van der Waals surface area contributed by atoms with Crippen molar-refractivity contribution < 1.29 is 4.74 Å². The van der Waals surface area contributed by atoms with Gasteiger partial charge in [0.15, 0.2) is 0 Å². The molecule has 0 saturated heterocycles. The Bertz CT molecular complexity index is 314. The molecule has 15 heavy (non-hydrogen) atoms. The first-order chi connectivity index (χ1) is 7.15. The van der Waals surface area contributed by atoms with Gasteiger partial charge < -0.3 is 10.1 Å². The monoisotopic (exact) mass is 227 g/mol. The van der Waals surface area contributed by atoms with Crippen LogP contribution in [0.5, 0.6) is 0 Å². The van der Waals surface area contributed by atoms with Crippen molar-refractivity contribution in [2.24, 2.45) is 0 Å². The van der Waals surface area contributed by atoms with Crippen molar-refractivity contribution in [1.82, 2.24) is 0 Å². The summed E-state index contributed by atoms with van der Waals surface area (Å²) in [7, 11) is 0. The Labute approximate surface area is 96.6 Å². The molecule has 0 saturated carbocycles. The van der Waals surface area contributed by atoms with Gasteiger partial charge in [-0.05, 0) is 38.5 Å². The highest BCUT2D eigenvalue weighted by Gasteiger charge is 2.05. The van der Waals surface area contributed by atoms with Gasteiger partial charge in [0, 0.05) is 23.4 Å². The van der Waals surface area contributed by atoms with Crippen LogP contribution >= 0.6 is 11.6 Å². The fourth-order valence-electron chi connectivity index (χ4n) is 1.37. The molecule has 0 aliphatic rings. The van der Waals surface area contributed by atoms with Crippen LogP contribution in [0, 0.1) is 6.92 Å². The van der Waals surface area contributed by atoms with Crippen molar-refractivity contribution in [3.05, 3.63) is 28.8 Å². The third kappa shape index (κ3) is 3.73. The third-order valence-electron chi connectivity index (χ3n) is 2.24. The lowest BCUT2D eigenvalue weighted by molar-refractivity contribution is 0.141. The number of anilines is 1. The highest BCUT2D eigenvalue weighted by atomic mass is 35.5. The largest absolute Gasteiger partial charge is 0.380 e. The van der Waals surface area contributed by atoms with E-state index in [4.69, 9.17) is 16.3 Å². The van der Waals surface area contributed by atoms with Crippen molar-refractivity contribution in [3.8, 4) is 0 Å². The first kappa shape index (κ1) is 12.3. The zero-order chi connectivity index (χ0) is 11.3. The fourth-order valence-corrected chi connectivity index (χ4v) is 1.54. The van der Waals surface area contributed by atoms with Crippen molar-refractivity contribution >= 4 is 17.3 Å². The minimum absolute atomic E-state index is 0.294. The highest BCUT2D eigenvalue weighted by molar-refractivity contribution is 6.31. The van der Waals surface area contributed by atoms with E-state index in [1.807, 2.05) is 32.0 Å². The van der Waals surface area contributed by atoms with E-state index in [0.717, 1.165) is 22.9 Å². The summed E-state index contributed by atoms with van der Waals surface area (Å²) in [6.07, 6.45) is 0. The van der Waals surface area contributed by atoms with Crippen molar-refractivity contribution in [1.29, 1.82) is 0 Å². The van der Waals surface area contributed by atoms with Crippen LogP contribution in [0.2, 0.25) is 5.02 Å². The van der Waals surface area contributed by atoms with Crippen LogP contribution < -0.4 is 5.32 Å². The predicted octanol–water partition coefficient (Wildman–Crippen LogP) is 3.49. The predicted molar refractivity (Wildman–Crippen MR) is 65.8 cm³/mol. The molecule has 3 heteroatoms. The van der Waals surface area contributed by atoms with Gasteiger partial charge in [0.1, 0.15) is 0 Å². The van der Waals surface area contributed by atoms with Crippen LogP contribution in [0.3, 0.4) is 0 Å². The molecule has 1 N–H and O–H groups in total. The maximum Gasteiger partial charge on any atom is 0.0664 e. The van der Waals surface area contributed by atoms with Gasteiger partial charge in [0.05, 0.1) is 6.61 Å². The molecule has 84 valence electrons. The molecular formula is C12H18ClNO. The molecule has 0 radical (unpaired) electrons. The molecular weight excluding hydrogens is 210 g/mol. The molecule has 2 nitrogen and oxygen atoms in total. The van der Waals surface area contributed by atoms with Gasteiger partial charge >= 0.3 is 0 Å². The average molecular weight is 228 g/mol. The minimum atomic E-state index is 0.294. The normalized spacial score (nSPS) is 12.5. The molecule has 0 aromatic heterocycles. The summed E-state index contributed by atoms with van der Waals surface area (Å²) in [6, 6.07) is 6.17. The Morgan fingerprint density at radius 1 is 1.47 bits per heavy atom. The summed E-state index contributed by atoms with van der Waals surface area (Å²) < 4.78 is 5.34. The Balaban J connectivity index is 2.60. The van der Waals surface area contributed by atoms with E-state index in [9.17, 15) is 0 Å². The van der Waals surface area contributed by atoms with Crippen molar-refractivity contribution in [2.75, 3.05) is 18.5 Å². The molecule has 0 spiro atoms. The summed E-state index contributed by atoms with van der Waals surface area (Å²) in [5.74, 6) is 0. The molecule has 1 rings (SSSR count). The number of hydrogen-bond acceptors (Lipinski definition) is 2. The second kappa shape index (κ2) is 5.99. The molecule has 1 unspecified atom stereocenters. The van der Waals surface area contributed by atoms with Crippen LogP contribution in [0.4, 0.5) is 5.69 Å². The maximum absolute atomic E-state index is 6.03. The van der Waals surface area contributed by atoms with Crippen LogP contribution in [0.1, 0.15) is 19.4 Å². The number of ether oxygens (including phenoxy) is 1. The number of hydrogen-bond donors (Lipinski definition) is 1. The Morgan fingerprint density at radius 2 is 2.20 bits per heavy atom. The molecule has 0 bridgehead atoms. The third-order valence-corrected chi connectivity index (χ3v) is 2.65. The van der Waals surface area contributed by atoms with Gasteiger partial charge in [-0.3, -0.25) is 0 Å². The molecule has 0 amide bonds. The van der Waals surface area contributed by atoms with Gasteiger partial charge in [0.2, 0.25) is 0 Å². The molecule has 1 atom stereocenters. The lowest BCUT2D eigenvalue weighted by atomic mass is 10.2. The molecule has 0 aliphatic heterocycles. The number of nitrogens with one attached hydrogen (secondary N) is 1.